The molecule has 0 saturated carbocycles. The molecule has 1 rings (SSSR count). The highest BCUT2D eigenvalue weighted by Gasteiger charge is 2.21. The molecule has 82 valence electrons. The number of ether oxygens (including phenoxy) is 1. The van der Waals surface area contributed by atoms with Crippen LogP contribution in [0.2, 0.25) is 19.6 Å². The molecule has 0 spiro atoms. The zero-order chi connectivity index (χ0) is 11.6. The molecule has 0 radical (unpaired) electrons. The van der Waals surface area contributed by atoms with Crippen molar-refractivity contribution in [2.24, 2.45) is 0 Å². The Morgan fingerprint density at radius 2 is 1.93 bits per heavy atom. The second-order valence-corrected chi connectivity index (χ2v) is 10.6. The van der Waals surface area contributed by atoms with E-state index in [1.54, 1.807) is 0 Å². The highest BCUT2D eigenvalue weighted by Crippen LogP contribution is 2.12. The summed E-state index contributed by atoms with van der Waals surface area (Å²) in [5, 5.41) is 1.31. The number of esters is 1. The van der Waals surface area contributed by atoms with Gasteiger partial charge >= 0.3 is 5.97 Å². The van der Waals surface area contributed by atoms with Gasteiger partial charge in [-0.3, -0.25) is 0 Å². The summed E-state index contributed by atoms with van der Waals surface area (Å²) >= 11 is 2.32. The summed E-state index contributed by atoms with van der Waals surface area (Å²) in [5.41, 5.74) is 0.648. The lowest BCUT2D eigenvalue weighted by Gasteiger charge is -2.19. The van der Waals surface area contributed by atoms with Crippen LogP contribution in [0.5, 0.6) is 0 Å². The number of methoxy groups -OCH3 is 1. The smallest absolute Gasteiger partial charge is 0.337 e. The molecule has 0 amide bonds. The van der Waals surface area contributed by atoms with Gasteiger partial charge in [0, 0.05) is 3.57 Å². The highest BCUT2D eigenvalue weighted by molar-refractivity contribution is 14.1. The molecule has 0 saturated heterocycles. The van der Waals surface area contributed by atoms with Gasteiger partial charge in [0.25, 0.3) is 0 Å². The van der Waals surface area contributed by atoms with Gasteiger partial charge in [0.05, 0.1) is 20.7 Å². The van der Waals surface area contributed by atoms with Crippen LogP contribution in [-0.2, 0) is 4.74 Å². The van der Waals surface area contributed by atoms with E-state index < -0.39 is 8.07 Å². The van der Waals surface area contributed by atoms with Crippen molar-refractivity contribution in [1.82, 2.24) is 0 Å². The molecule has 0 aromatic heterocycles. The van der Waals surface area contributed by atoms with Crippen LogP contribution in [0.25, 0.3) is 0 Å². The molecule has 0 bridgehead atoms. The first-order valence-electron chi connectivity index (χ1n) is 4.74. The molecule has 0 unspecified atom stereocenters. The predicted molar refractivity (Wildman–Crippen MR) is 73.5 cm³/mol. The third-order valence-electron chi connectivity index (χ3n) is 2.20. The van der Waals surface area contributed by atoms with Gasteiger partial charge in [-0.25, -0.2) is 4.79 Å². The third-order valence-corrected chi connectivity index (χ3v) is 5.67. The normalized spacial score (nSPS) is 11.3. The number of carbonyl (C=O) groups is 1. The van der Waals surface area contributed by atoms with E-state index in [1.807, 2.05) is 18.2 Å². The number of benzene rings is 1. The highest BCUT2D eigenvalue weighted by atomic mass is 127. The quantitative estimate of drug-likeness (QED) is 0.472. The average molecular weight is 334 g/mol. The van der Waals surface area contributed by atoms with E-state index in [4.69, 9.17) is 4.74 Å². The number of hydrogen-bond donors (Lipinski definition) is 0. The first-order valence-corrected chi connectivity index (χ1v) is 9.32. The first-order chi connectivity index (χ1) is 6.86. The summed E-state index contributed by atoms with van der Waals surface area (Å²) in [6, 6.07) is 5.78. The van der Waals surface area contributed by atoms with E-state index in [0.717, 1.165) is 0 Å². The Kier molecular flexibility index (Phi) is 3.94. The molecule has 0 N–H and O–H groups in total. The molecule has 0 fully saturated rings. The van der Waals surface area contributed by atoms with Gasteiger partial charge in [0.15, 0.2) is 0 Å². The molecule has 0 atom stereocenters. The zero-order valence-corrected chi connectivity index (χ0v) is 12.6. The lowest BCUT2D eigenvalue weighted by molar-refractivity contribution is 0.0601. The van der Waals surface area contributed by atoms with E-state index in [-0.39, 0.29) is 5.97 Å². The van der Waals surface area contributed by atoms with Crippen LogP contribution in [-0.4, -0.2) is 21.2 Å². The fourth-order valence-corrected chi connectivity index (χ4v) is 5.50. The Balaban J connectivity index is 3.23. The van der Waals surface area contributed by atoms with Crippen LogP contribution < -0.4 is 5.19 Å². The van der Waals surface area contributed by atoms with Crippen molar-refractivity contribution >= 4 is 41.8 Å². The number of halogens is 1. The van der Waals surface area contributed by atoms with Crippen LogP contribution in [0, 0.1) is 3.57 Å². The monoisotopic (exact) mass is 334 g/mol. The fraction of sp³-hybridized carbons (Fsp3) is 0.364. The average Bonchev–Trinajstić information content (AvgIpc) is 2.15. The predicted octanol–water partition coefficient (Wildman–Crippen LogP) is 2.62. The van der Waals surface area contributed by atoms with Gasteiger partial charge in [0.2, 0.25) is 0 Å². The van der Waals surface area contributed by atoms with Crippen molar-refractivity contribution in [3.05, 3.63) is 27.3 Å². The standard InChI is InChI=1S/C11H15IO2Si/c1-14-11(13)8-5-6-9(12)10(7-8)15(2,3)4/h5-7H,1-4H3. The van der Waals surface area contributed by atoms with E-state index in [1.165, 1.54) is 15.9 Å². The Hall–Kier alpha value is -0.363. The second-order valence-electron chi connectivity index (χ2n) is 4.44. The summed E-state index contributed by atoms with van der Waals surface area (Å²) in [6.45, 7) is 6.81. The summed E-state index contributed by atoms with van der Waals surface area (Å²) in [7, 11) is 0.0280. The van der Waals surface area contributed by atoms with Gasteiger partial charge in [-0.15, -0.1) is 0 Å². The molecular weight excluding hydrogens is 319 g/mol. The number of rotatable bonds is 2. The van der Waals surface area contributed by atoms with E-state index in [0.29, 0.717) is 5.56 Å². The summed E-state index contributed by atoms with van der Waals surface area (Å²) in [5.74, 6) is -0.258. The van der Waals surface area contributed by atoms with Gasteiger partial charge < -0.3 is 4.74 Å². The fourth-order valence-electron chi connectivity index (χ4n) is 1.34. The van der Waals surface area contributed by atoms with Crippen molar-refractivity contribution in [2.75, 3.05) is 7.11 Å². The van der Waals surface area contributed by atoms with Crippen molar-refractivity contribution in [1.29, 1.82) is 0 Å². The van der Waals surface area contributed by atoms with Crippen LogP contribution in [0.4, 0.5) is 0 Å². The summed E-state index contributed by atoms with van der Waals surface area (Å²) < 4.78 is 5.95. The topological polar surface area (TPSA) is 26.3 Å². The lowest BCUT2D eigenvalue weighted by Crippen LogP contribution is -2.40. The maximum absolute atomic E-state index is 11.4. The lowest BCUT2D eigenvalue weighted by atomic mass is 10.2. The summed E-state index contributed by atoms with van der Waals surface area (Å²) in [6.07, 6.45) is 0. The number of hydrogen-bond acceptors (Lipinski definition) is 2. The first kappa shape index (κ1) is 12.7. The van der Waals surface area contributed by atoms with Crippen molar-refractivity contribution in [2.45, 2.75) is 19.6 Å². The van der Waals surface area contributed by atoms with Gasteiger partial charge in [-0.1, -0.05) is 19.6 Å². The summed E-state index contributed by atoms with van der Waals surface area (Å²) in [4.78, 5) is 11.4. The van der Waals surface area contributed by atoms with Crippen LogP contribution in [0.15, 0.2) is 18.2 Å². The Labute approximate surface area is 105 Å². The minimum Gasteiger partial charge on any atom is -0.465 e. The number of carbonyl (C=O) groups excluding carboxylic acids is 1. The molecule has 1 aromatic carbocycles. The van der Waals surface area contributed by atoms with Crippen molar-refractivity contribution in [3.8, 4) is 0 Å². The molecule has 15 heavy (non-hydrogen) atoms. The van der Waals surface area contributed by atoms with Gasteiger partial charge in [-0.05, 0) is 46.0 Å². The molecule has 0 aliphatic carbocycles. The minimum atomic E-state index is -1.38. The molecule has 1 aromatic rings. The van der Waals surface area contributed by atoms with E-state index in [9.17, 15) is 4.79 Å². The molecule has 4 heteroatoms. The minimum absolute atomic E-state index is 0.258. The maximum Gasteiger partial charge on any atom is 0.337 e. The van der Waals surface area contributed by atoms with Gasteiger partial charge in [0.1, 0.15) is 0 Å². The molecule has 0 aliphatic heterocycles. The largest absolute Gasteiger partial charge is 0.465 e. The van der Waals surface area contributed by atoms with Crippen LogP contribution >= 0.6 is 22.6 Å². The third kappa shape index (κ3) is 3.04. The van der Waals surface area contributed by atoms with E-state index in [2.05, 4.69) is 42.2 Å². The molecular formula is C11H15IO2Si. The van der Waals surface area contributed by atoms with E-state index >= 15 is 0 Å². The van der Waals surface area contributed by atoms with Crippen LogP contribution in [0.3, 0.4) is 0 Å². The van der Waals surface area contributed by atoms with Crippen molar-refractivity contribution < 1.29 is 9.53 Å². The van der Waals surface area contributed by atoms with Crippen LogP contribution in [0.1, 0.15) is 10.4 Å². The molecule has 2 nitrogen and oxygen atoms in total. The van der Waals surface area contributed by atoms with Crippen molar-refractivity contribution in [3.63, 3.8) is 0 Å². The second kappa shape index (κ2) is 4.65. The molecule has 0 aliphatic rings. The maximum atomic E-state index is 11.4. The SMILES string of the molecule is COC(=O)c1ccc(I)c([Si](C)(C)C)c1. The Bertz CT molecular complexity index is 383. The van der Waals surface area contributed by atoms with Gasteiger partial charge in [-0.2, -0.15) is 0 Å². The zero-order valence-electron chi connectivity index (χ0n) is 9.43. The molecule has 0 heterocycles. The Morgan fingerprint density at radius 3 is 2.40 bits per heavy atom. The Morgan fingerprint density at radius 1 is 1.33 bits per heavy atom.